The van der Waals surface area contributed by atoms with Crippen LogP contribution in [0.3, 0.4) is 0 Å². The number of anilines is 1. The van der Waals surface area contributed by atoms with E-state index in [4.69, 9.17) is 5.73 Å². The molecule has 21 heavy (non-hydrogen) atoms. The molecule has 1 aromatic rings. The van der Waals surface area contributed by atoms with Gasteiger partial charge in [-0.05, 0) is 68.7 Å². The molecule has 1 aliphatic rings. The summed E-state index contributed by atoms with van der Waals surface area (Å²) in [6.07, 6.45) is 3.02. The Hall–Kier alpha value is -1.11. The lowest BCUT2D eigenvalue weighted by atomic mass is 9.88. The Morgan fingerprint density at radius 1 is 1.19 bits per heavy atom. The number of benzene rings is 1. The van der Waals surface area contributed by atoms with Crippen molar-refractivity contribution < 1.29 is 13.5 Å². The highest BCUT2D eigenvalue weighted by atomic mass is 32.2. The summed E-state index contributed by atoms with van der Waals surface area (Å²) in [5, 5.41) is 9.48. The van der Waals surface area contributed by atoms with Crippen molar-refractivity contribution in [1.29, 1.82) is 0 Å². The number of nitrogens with two attached hydrogens (primary N) is 1. The van der Waals surface area contributed by atoms with Crippen molar-refractivity contribution in [3.8, 4) is 0 Å². The van der Waals surface area contributed by atoms with Crippen molar-refractivity contribution in [3.63, 3.8) is 0 Å². The highest BCUT2D eigenvalue weighted by Gasteiger charge is 2.24. The Morgan fingerprint density at radius 2 is 1.71 bits per heavy atom. The van der Waals surface area contributed by atoms with Crippen LogP contribution in [0.5, 0.6) is 0 Å². The lowest BCUT2D eigenvalue weighted by molar-refractivity contribution is 0.109. The van der Waals surface area contributed by atoms with Crippen LogP contribution in [-0.2, 0) is 10.0 Å². The van der Waals surface area contributed by atoms with Gasteiger partial charge in [-0.25, -0.2) is 13.1 Å². The van der Waals surface area contributed by atoms with E-state index < -0.39 is 10.0 Å². The molecule has 0 radical (unpaired) electrons. The van der Waals surface area contributed by atoms with E-state index in [-0.39, 0.29) is 6.10 Å². The van der Waals surface area contributed by atoms with Crippen LogP contribution in [0.2, 0.25) is 0 Å². The van der Waals surface area contributed by atoms with E-state index in [2.05, 4.69) is 4.72 Å². The van der Waals surface area contributed by atoms with Gasteiger partial charge >= 0.3 is 0 Å². The van der Waals surface area contributed by atoms with Crippen LogP contribution < -0.4 is 10.5 Å². The highest BCUT2D eigenvalue weighted by Crippen LogP contribution is 2.26. The molecule has 0 amide bonds. The van der Waals surface area contributed by atoms with Gasteiger partial charge in [0, 0.05) is 12.2 Å². The Kier molecular flexibility index (Phi) is 4.91. The topological polar surface area (TPSA) is 92.4 Å². The number of nitrogen functional groups attached to an aromatic ring is 1. The summed E-state index contributed by atoms with van der Waals surface area (Å²) in [5.74, 6) is 0.303. The Bertz CT molecular complexity index is 582. The molecule has 118 valence electrons. The molecule has 0 heterocycles. The second-order valence-electron chi connectivity index (χ2n) is 6.01. The summed E-state index contributed by atoms with van der Waals surface area (Å²) in [7, 11) is -3.52. The van der Waals surface area contributed by atoms with Gasteiger partial charge in [-0.15, -0.1) is 0 Å². The van der Waals surface area contributed by atoms with Gasteiger partial charge in [0.1, 0.15) is 0 Å². The molecular formula is C15H24N2O3S. The summed E-state index contributed by atoms with van der Waals surface area (Å²) in [6, 6.07) is 3.36. The van der Waals surface area contributed by atoms with Crippen molar-refractivity contribution in [2.75, 3.05) is 12.3 Å². The lowest BCUT2D eigenvalue weighted by Crippen LogP contribution is -2.32. The van der Waals surface area contributed by atoms with Gasteiger partial charge in [0.05, 0.1) is 11.0 Å². The number of rotatable bonds is 4. The van der Waals surface area contributed by atoms with Gasteiger partial charge in [0.15, 0.2) is 0 Å². The fourth-order valence-electron chi connectivity index (χ4n) is 3.06. The van der Waals surface area contributed by atoms with Crippen molar-refractivity contribution in [2.45, 2.75) is 50.5 Å². The van der Waals surface area contributed by atoms with Crippen molar-refractivity contribution in [3.05, 3.63) is 23.3 Å². The first-order chi connectivity index (χ1) is 9.79. The molecule has 4 N–H and O–H groups in total. The van der Waals surface area contributed by atoms with Crippen molar-refractivity contribution in [2.24, 2.45) is 5.92 Å². The summed E-state index contributed by atoms with van der Waals surface area (Å²) in [4.78, 5) is 0.326. The van der Waals surface area contributed by atoms with Gasteiger partial charge < -0.3 is 10.8 Å². The number of aliphatic hydroxyl groups is 1. The summed E-state index contributed by atoms with van der Waals surface area (Å²) in [6.45, 7) is 3.95. The Morgan fingerprint density at radius 3 is 2.24 bits per heavy atom. The third-order valence-corrected chi connectivity index (χ3v) is 5.86. The zero-order valence-corrected chi connectivity index (χ0v) is 13.4. The van der Waals surface area contributed by atoms with Crippen LogP contribution in [-0.4, -0.2) is 26.2 Å². The summed E-state index contributed by atoms with van der Waals surface area (Å²) < 4.78 is 27.7. The molecule has 1 saturated carbocycles. The van der Waals surface area contributed by atoms with E-state index in [1.165, 1.54) is 0 Å². The summed E-state index contributed by atoms with van der Waals surface area (Å²) >= 11 is 0. The molecule has 6 heteroatoms. The molecule has 1 aliphatic carbocycles. The molecule has 2 rings (SSSR count). The molecule has 0 aromatic heterocycles. The first-order valence-electron chi connectivity index (χ1n) is 7.34. The molecule has 0 unspecified atom stereocenters. The van der Waals surface area contributed by atoms with Crippen LogP contribution >= 0.6 is 0 Å². The molecule has 0 aliphatic heterocycles. The SMILES string of the molecule is Cc1cc(N)cc(C)c1S(=O)(=O)NCC1CCC(O)CC1. The number of nitrogens with one attached hydrogen (secondary N) is 1. The maximum Gasteiger partial charge on any atom is 0.241 e. The fraction of sp³-hybridized carbons (Fsp3) is 0.600. The quantitative estimate of drug-likeness (QED) is 0.738. The van der Waals surface area contributed by atoms with Crippen molar-refractivity contribution >= 4 is 15.7 Å². The molecule has 1 fully saturated rings. The van der Waals surface area contributed by atoms with E-state index in [1.807, 2.05) is 0 Å². The molecule has 5 nitrogen and oxygen atoms in total. The predicted molar refractivity (Wildman–Crippen MR) is 83.5 cm³/mol. The zero-order valence-electron chi connectivity index (χ0n) is 12.6. The number of sulfonamides is 1. The van der Waals surface area contributed by atoms with Gasteiger partial charge in [-0.3, -0.25) is 0 Å². The van der Waals surface area contributed by atoms with Gasteiger partial charge in [-0.1, -0.05) is 0 Å². The van der Waals surface area contributed by atoms with Crippen LogP contribution in [0.1, 0.15) is 36.8 Å². The van der Waals surface area contributed by atoms with Crippen molar-refractivity contribution in [1.82, 2.24) is 4.72 Å². The number of aryl methyl sites for hydroxylation is 2. The molecule has 0 atom stereocenters. The standard InChI is InChI=1S/C15H24N2O3S/c1-10-7-13(16)8-11(2)15(10)21(19,20)17-9-12-3-5-14(18)6-4-12/h7-8,12,14,17-18H,3-6,9,16H2,1-2H3. The van der Waals surface area contributed by atoms with Gasteiger partial charge in [0.2, 0.25) is 10.0 Å². The number of hydrogen-bond donors (Lipinski definition) is 3. The Balaban J connectivity index is 2.09. The van der Waals surface area contributed by atoms with Crippen LogP contribution in [0.25, 0.3) is 0 Å². The maximum atomic E-state index is 12.5. The minimum atomic E-state index is -3.52. The zero-order chi connectivity index (χ0) is 15.6. The van der Waals surface area contributed by atoms with E-state index >= 15 is 0 Å². The fourth-order valence-corrected chi connectivity index (χ4v) is 4.62. The molecule has 0 bridgehead atoms. The normalized spacial score (nSPS) is 23.2. The molecular weight excluding hydrogens is 288 g/mol. The van der Waals surface area contributed by atoms with E-state index in [1.54, 1.807) is 26.0 Å². The second kappa shape index (κ2) is 6.34. The number of aliphatic hydroxyl groups excluding tert-OH is 1. The van der Waals surface area contributed by atoms with Crippen LogP contribution in [0, 0.1) is 19.8 Å². The maximum absolute atomic E-state index is 12.5. The van der Waals surface area contributed by atoms with Crippen LogP contribution in [0.4, 0.5) is 5.69 Å². The van der Waals surface area contributed by atoms with E-state index in [9.17, 15) is 13.5 Å². The largest absolute Gasteiger partial charge is 0.399 e. The third-order valence-electron chi connectivity index (χ3n) is 4.13. The molecule has 0 spiro atoms. The van der Waals surface area contributed by atoms with E-state index in [0.29, 0.717) is 34.2 Å². The first-order valence-corrected chi connectivity index (χ1v) is 8.82. The average molecular weight is 312 g/mol. The van der Waals surface area contributed by atoms with Crippen LogP contribution in [0.15, 0.2) is 17.0 Å². The smallest absolute Gasteiger partial charge is 0.241 e. The number of hydrogen-bond acceptors (Lipinski definition) is 4. The summed E-state index contributed by atoms with van der Waals surface area (Å²) in [5.41, 5.74) is 7.64. The highest BCUT2D eigenvalue weighted by molar-refractivity contribution is 7.89. The average Bonchev–Trinajstić information content (AvgIpc) is 2.36. The van der Waals surface area contributed by atoms with Gasteiger partial charge in [-0.2, -0.15) is 0 Å². The molecule has 0 saturated heterocycles. The first kappa shape index (κ1) is 16.3. The minimum Gasteiger partial charge on any atom is -0.399 e. The third kappa shape index (κ3) is 3.96. The second-order valence-corrected chi connectivity index (χ2v) is 7.71. The lowest BCUT2D eigenvalue weighted by Gasteiger charge is -2.25. The minimum absolute atomic E-state index is 0.223. The monoisotopic (exact) mass is 312 g/mol. The Labute approximate surface area is 126 Å². The molecule has 1 aromatic carbocycles. The van der Waals surface area contributed by atoms with Gasteiger partial charge in [0.25, 0.3) is 0 Å². The predicted octanol–water partition coefficient (Wildman–Crippen LogP) is 1.72. The van der Waals surface area contributed by atoms with E-state index in [0.717, 1.165) is 25.7 Å².